The molecule has 2 atom stereocenters. The van der Waals surface area contributed by atoms with Gasteiger partial charge in [-0.2, -0.15) is 0 Å². The van der Waals surface area contributed by atoms with Gasteiger partial charge in [0.2, 0.25) is 5.43 Å². The van der Waals surface area contributed by atoms with Crippen molar-refractivity contribution in [1.82, 2.24) is 4.57 Å². The number of aliphatic hydroxyl groups excluding tert-OH is 1. The molecule has 3 aromatic rings. The lowest BCUT2D eigenvalue weighted by atomic mass is 10.0. The van der Waals surface area contributed by atoms with Crippen LogP contribution in [-0.2, 0) is 22.6 Å². The first-order valence-corrected chi connectivity index (χ1v) is 12.8. The molecule has 1 fully saturated rings. The van der Waals surface area contributed by atoms with E-state index in [9.17, 15) is 9.90 Å². The maximum Gasteiger partial charge on any atom is 0.223 e. The van der Waals surface area contributed by atoms with Gasteiger partial charge in [0.05, 0.1) is 12.3 Å². The summed E-state index contributed by atoms with van der Waals surface area (Å²) >= 11 is 1.66. The van der Waals surface area contributed by atoms with Gasteiger partial charge in [0, 0.05) is 30.3 Å². The molecule has 2 unspecified atom stereocenters. The molecule has 2 heterocycles. The van der Waals surface area contributed by atoms with Gasteiger partial charge in [-0.1, -0.05) is 42.5 Å². The highest BCUT2D eigenvalue weighted by Gasteiger charge is 2.29. The first-order valence-electron chi connectivity index (χ1n) is 11.6. The molecule has 0 aliphatic carbocycles. The summed E-state index contributed by atoms with van der Waals surface area (Å²) in [4.78, 5) is 14.2. The van der Waals surface area contributed by atoms with Crippen molar-refractivity contribution < 1.29 is 19.3 Å². The maximum atomic E-state index is 13.1. The van der Waals surface area contributed by atoms with Gasteiger partial charge in [0.1, 0.15) is 12.7 Å². The van der Waals surface area contributed by atoms with Crippen molar-refractivity contribution in [3.05, 3.63) is 93.9 Å². The highest BCUT2D eigenvalue weighted by molar-refractivity contribution is 7.98. The number of pyridine rings is 1. The fraction of sp³-hybridized carbons (Fsp3) is 0.370. The van der Waals surface area contributed by atoms with Gasteiger partial charge >= 0.3 is 0 Å². The van der Waals surface area contributed by atoms with E-state index in [-0.39, 0.29) is 30.7 Å². The van der Waals surface area contributed by atoms with Crippen molar-refractivity contribution in [2.24, 2.45) is 0 Å². The SMILES string of the molecule is CSc1ccc(C(OC2CCCCO2)c2c(OCc3ccccc3)c(=O)ccn2CCO)cc1. The minimum atomic E-state index is -0.592. The molecule has 1 aliphatic rings. The molecule has 4 rings (SSSR count). The Morgan fingerprint density at radius 1 is 1.12 bits per heavy atom. The second kappa shape index (κ2) is 12.2. The summed E-state index contributed by atoms with van der Waals surface area (Å²) in [5.74, 6) is 0.231. The number of thioether (sulfide) groups is 1. The van der Waals surface area contributed by atoms with E-state index in [0.29, 0.717) is 18.8 Å². The van der Waals surface area contributed by atoms with Crippen molar-refractivity contribution in [1.29, 1.82) is 0 Å². The topological polar surface area (TPSA) is 69.9 Å². The normalized spacial score (nSPS) is 16.8. The second-order valence-corrected chi connectivity index (χ2v) is 9.05. The van der Waals surface area contributed by atoms with Crippen molar-refractivity contribution in [2.75, 3.05) is 19.5 Å². The smallest absolute Gasteiger partial charge is 0.223 e. The van der Waals surface area contributed by atoms with Gasteiger partial charge in [-0.3, -0.25) is 4.79 Å². The minimum Gasteiger partial charge on any atom is -0.483 e. The molecule has 1 aromatic heterocycles. The zero-order valence-corrected chi connectivity index (χ0v) is 20.2. The van der Waals surface area contributed by atoms with E-state index in [1.54, 1.807) is 18.0 Å². The van der Waals surface area contributed by atoms with E-state index in [2.05, 4.69) is 0 Å². The Bertz CT molecular complexity index is 1090. The number of rotatable bonds is 10. The van der Waals surface area contributed by atoms with E-state index in [1.165, 1.54) is 6.07 Å². The Kier molecular flexibility index (Phi) is 8.82. The van der Waals surface area contributed by atoms with Crippen LogP contribution in [0.25, 0.3) is 0 Å². The Labute approximate surface area is 204 Å². The Hall–Kier alpha value is -2.58. The zero-order valence-electron chi connectivity index (χ0n) is 19.4. The van der Waals surface area contributed by atoms with Crippen LogP contribution in [0.5, 0.6) is 5.75 Å². The van der Waals surface area contributed by atoms with Crippen LogP contribution in [-0.4, -0.2) is 35.4 Å². The number of hydrogen-bond acceptors (Lipinski definition) is 6. The third-order valence-corrected chi connectivity index (χ3v) is 6.57. The number of aliphatic hydroxyl groups is 1. The Morgan fingerprint density at radius 3 is 2.59 bits per heavy atom. The van der Waals surface area contributed by atoms with Gasteiger partial charge in [0.25, 0.3) is 0 Å². The highest BCUT2D eigenvalue weighted by Crippen LogP contribution is 2.35. The molecule has 6 nitrogen and oxygen atoms in total. The van der Waals surface area contributed by atoms with Gasteiger partial charge < -0.3 is 23.9 Å². The fourth-order valence-corrected chi connectivity index (χ4v) is 4.48. The van der Waals surface area contributed by atoms with Crippen LogP contribution >= 0.6 is 11.8 Å². The predicted molar refractivity (Wildman–Crippen MR) is 133 cm³/mol. The molecule has 1 aliphatic heterocycles. The molecule has 0 radical (unpaired) electrons. The lowest BCUT2D eigenvalue weighted by molar-refractivity contribution is -0.183. The zero-order chi connectivity index (χ0) is 23.8. The number of benzene rings is 2. The lowest BCUT2D eigenvalue weighted by Gasteiger charge is -2.30. The van der Waals surface area contributed by atoms with E-state index < -0.39 is 6.10 Å². The monoisotopic (exact) mass is 481 g/mol. The van der Waals surface area contributed by atoms with E-state index in [4.69, 9.17) is 14.2 Å². The molecule has 2 aromatic carbocycles. The van der Waals surface area contributed by atoms with Crippen LogP contribution in [0.4, 0.5) is 0 Å². The van der Waals surface area contributed by atoms with E-state index >= 15 is 0 Å². The second-order valence-electron chi connectivity index (χ2n) is 8.17. The van der Waals surface area contributed by atoms with Gasteiger partial charge in [0.15, 0.2) is 12.0 Å². The number of nitrogens with zero attached hydrogens (tertiary/aromatic N) is 1. The minimum absolute atomic E-state index is 0.0773. The molecule has 0 bridgehead atoms. The summed E-state index contributed by atoms with van der Waals surface area (Å²) < 4.78 is 20.4. The molecular formula is C27H31NO5S. The summed E-state index contributed by atoms with van der Waals surface area (Å²) in [5.41, 5.74) is 2.22. The van der Waals surface area contributed by atoms with Gasteiger partial charge in [-0.15, -0.1) is 11.8 Å². The molecule has 0 saturated carbocycles. The molecule has 7 heteroatoms. The summed E-state index contributed by atoms with van der Waals surface area (Å²) in [6.45, 7) is 1.14. The molecule has 34 heavy (non-hydrogen) atoms. The average Bonchev–Trinajstić information content (AvgIpc) is 2.89. The van der Waals surface area contributed by atoms with Crippen LogP contribution in [0, 0.1) is 0 Å². The number of ether oxygens (including phenoxy) is 3. The van der Waals surface area contributed by atoms with Crippen molar-refractivity contribution >= 4 is 11.8 Å². The molecule has 0 amide bonds. The third kappa shape index (κ3) is 6.10. The number of hydrogen-bond donors (Lipinski definition) is 1. The summed E-state index contributed by atoms with van der Waals surface area (Å²) in [5, 5.41) is 9.75. The predicted octanol–water partition coefficient (Wildman–Crippen LogP) is 4.77. The van der Waals surface area contributed by atoms with Crippen LogP contribution in [0.3, 0.4) is 0 Å². The fourth-order valence-electron chi connectivity index (χ4n) is 4.07. The average molecular weight is 482 g/mol. The molecular weight excluding hydrogens is 450 g/mol. The Morgan fingerprint density at radius 2 is 1.91 bits per heavy atom. The van der Waals surface area contributed by atoms with Crippen molar-refractivity contribution in [3.63, 3.8) is 0 Å². The van der Waals surface area contributed by atoms with Gasteiger partial charge in [-0.05, 0) is 48.8 Å². The first-order chi connectivity index (χ1) is 16.7. The van der Waals surface area contributed by atoms with E-state index in [0.717, 1.165) is 35.3 Å². The van der Waals surface area contributed by atoms with Crippen molar-refractivity contribution in [2.45, 2.75) is 49.7 Å². The molecule has 1 saturated heterocycles. The highest BCUT2D eigenvalue weighted by atomic mass is 32.2. The first kappa shape index (κ1) is 24.5. The third-order valence-electron chi connectivity index (χ3n) is 5.83. The summed E-state index contributed by atoms with van der Waals surface area (Å²) in [6, 6.07) is 19.3. The van der Waals surface area contributed by atoms with Gasteiger partial charge in [-0.25, -0.2) is 0 Å². The Balaban J connectivity index is 1.77. The molecule has 1 N–H and O–H groups in total. The summed E-state index contributed by atoms with van der Waals surface area (Å²) in [6.07, 6.45) is 5.58. The lowest BCUT2D eigenvalue weighted by Crippen LogP contribution is -2.28. The number of aromatic nitrogens is 1. The van der Waals surface area contributed by atoms with Crippen molar-refractivity contribution in [3.8, 4) is 5.75 Å². The molecule has 180 valence electrons. The van der Waals surface area contributed by atoms with Crippen LogP contribution in [0.1, 0.15) is 42.2 Å². The van der Waals surface area contributed by atoms with E-state index in [1.807, 2.05) is 65.4 Å². The van der Waals surface area contributed by atoms with Crippen LogP contribution < -0.4 is 10.2 Å². The van der Waals surface area contributed by atoms with Crippen LogP contribution in [0.15, 0.2) is 76.6 Å². The maximum absolute atomic E-state index is 13.1. The van der Waals surface area contributed by atoms with Crippen LogP contribution in [0.2, 0.25) is 0 Å². The quantitative estimate of drug-likeness (QED) is 0.421. The molecule has 0 spiro atoms. The largest absolute Gasteiger partial charge is 0.483 e. The summed E-state index contributed by atoms with van der Waals surface area (Å²) in [7, 11) is 0. The standard InChI is InChI=1S/C27H31NO5S/c1-34-22-12-10-21(11-13-22)26(33-24-9-5-6-18-31-24)25-27(23(30)14-15-28(25)16-17-29)32-19-20-7-3-2-4-8-20/h2-4,7-8,10-15,24,26,29H,5-6,9,16-19H2,1H3.